The van der Waals surface area contributed by atoms with E-state index in [0.717, 1.165) is 23.4 Å². The van der Waals surface area contributed by atoms with Gasteiger partial charge >= 0.3 is 11.9 Å². The molecule has 2 aliphatic carbocycles. The second-order valence-electron chi connectivity index (χ2n) is 9.64. The number of ether oxygens (including phenoxy) is 2. The second-order valence-corrected chi connectivity index (χ2v) is 9.64. The molecule has 3 fully saturated rings. The third kappa shape index (κ3) is 7.93. The van der Waals surface area contributed by atoms with E-state index < -0.39 is 11.9 Å². The van der Waals surface area contributed by atoms with Crippen molar-refractivity contribution in [3.05, 3.63) is 36.2 Å². The monoisotopic (exact) mass is 528 g/mol. The Balaban J connectivity index is 0.000000194. The van der Waals surface area contributed by atoms with Crippen LogP contribution in [0.2, 0.25) is 0 Å². The molecule has 0 spiro atoms. The predicted octanol–water partition coefficient (Wildman–Crippen LogP) is 2.87. The summed E-state index contributed by atoms with van der Waals surface area (Å²) in [5.74, 6) is 1.60. The van der Waals surface area contributed by atoms with Gasteiger partial charge in [0.15, 0.2) is 5.78 Å². The summed E-state index contributed by atoms with van der Waals surface area (Å²) in [7, 11) is 3.79. The van der Waals surface area contributed by atoms with E-state index in [0.29, 0.717) is 44.6 Å². The minimum atomic E-state index is -0.669. The Hall–Kier alpha value is -3.63. The van der Waals surface area contributed by atoms with Crippen molar-refractivity contribution in [2.24, 2.45) is 20.0 Å². The maximum Gasteiger partial charge on any atom is 0.330 e. The number of carbonyl (C=O) groups excluding carboxylic acids is 3. The third-order valence-electron chi connectivity index (χ3n) is 6.57. The maximum atomic E-state index is 11.9. The molecule has 2 aromatic heterocycles. The summed E-state index contributed by atoms with van der Waals surface area (Å²) in [6.45, 7) is 8.47. The highest BCUT2D eigenvalue weighted by atomic mass is 16.5. The summed E-state index contributed by atoms with van der Waals surface area (Å²) in [5, 5.41) is 8.81. The molecular weight excluding hydrogens is 488 g/mol. The average Bonchev–Trinajstić information content (AvgIpc) is 3.83. The van der Waals surface area contributed by atoms with Gasteiger partial charge in [0.1, 0.15) is 17.6 Å². The van der Waals surface area contributed by atoms with Crippen LogP contribution in [0.5, 0.6) is 0 Å². The van der Waals surface area contributed by atoms with E-state index in [2.05, 4.69) is 32.5 Å². The zero-order valence-electron chi connectivity index (χ0n) is 22.9. The number of nitrogens with zero attached hydrogens (tertiary/aromatic N) is 5. The molecule has 2 saturated carbocycles. The van der Waals surface area contributed by atoms with Crippen molar-refractivity contribution in [3.63, 3.8) is 0 Å². The van der Waals surface area contributed by atoms with Crippen LogP contribution in [0, 0.1) is 5.92 Å². The Labute approximate surface area is 223 Å². The topological polar surface area (TPSA) is 135 Å². The first kappa shape index (κ1) is 28.9. The molecule has 3 heterocycles. The molecule has 1 saturated heterocycles. The number of esters is 2. The van der Waals surface area contributed by atoms with Gasteiger partial charge in [-0.2, -0.15) is 10.2 Å². The van der Waals surface area contributed by atoms with Gasteiger partial charge in [-0.1, -0.05) is 6.58 Å². The average molecular weight is 529 g/mol. The molecule has 2 aromatic rings. The smallest absolute Gasteiger partial charge is 0.330 e. The Kier molecular flexibility index (Phi) is 10.1. The first-order chi connectivity index (χ1) is 18.2. The van der Waals surface area contributed by atoms with E-state index in [1.807, 2.05) is 24.8 Å². The van der Waals surface area contributed by atoms with Crippen LogP contribution in [0.1, 0.15) is 69.2 Å². The number of rotatable bonds is 7. The number of ketones is 1. The standard InChI is InChI=1S/C15H21N3O3.C7H11N3.C5H8O2/c1-3-21-15(20)11-9-18(7-6-13(11)19)14-8-12(10-4-5-10)16-17(14)2;1-10-7(8)4-6(9-10)5-2-3-5;1-3-5(6)7-4-2/h8,10-11H,3-7,9H2,1-2H3;4-5H,2-3,8H2,1H3;3H,1,4H2,2H3. The number of hydrogen-bond acceptors (Lipinski definition) is 9. The molecule has 11 nitrogen and oxygen atoms in total. The van der Waals surface area contributed by atoms with E-state index in [1.165, 1.54) is 31.4 Å². The fourth-order valence-electron chi connectivity index (χ4n) is 4.13. The summed E-state index contributed by atoms with van der Waals surface area (Å²) in [6, 6.07) is 4.06. The largest absolute Gasteiger partial charge is 0.465 e. The van der Waals surface area contributed by atoms with Crippen LogP contribution in [-0.4, -0.2) is 63.6 Å². The molecule has 5 rings (SSSR count). The van der Waals surface area contributed by atoms with Crippen LogP contribution in [0.25, 0.3) is 0 Å². The van der Waals surface area contributed by atoms with E-state index in [1.54, 1.807) is 18.5 Å². The predicted molar refractivity (Wildman–Crippen MR) is 144 cm³/mol. The van der Waals surface area contributed by atoms with Gasteiger partial charge in [-0.3, -0.25) is 19.0 Å². The van der Waals surface area contributed by atoms with Gasteiger partial charge in [0, 0.05) is 63.7 Å². The van der Waals surface area contributed by atoms with Crippen LogP contribution in [0.3, 0.4) is 0 Å². The highest BCUT2D eigenvalue weighted by Crippen LogP contribution is 2.41. The molecule has 0 radical (unpaired) electrons. The van der Waals surface area contributed by atoms with Gasteiger partial charge in [0.25, 0.3) is 0 Å². The number of anilines is 2. The molecule has 2 N–H and O–H groups in total. The highest BCUT2D eigenvalue weighted by Gasteiger charge is 2.36. The van der Waals surface area contributed by atoms with Gasteiger partial charge in [-0.25, -0.2) is 4.79 Å². The molecule has 0 bridgehead atoms. The van der Waals surface area contributed by atoms with E-state index >= 15 is 0 Å². The van der Waals surface area contributed by atoms with Gasteiger partial charge in [-0.15, -0.1) is 0 Å². The van der Waals surface area contributed by atoms with Crippen molar-refractivity contribution in [2.75, 3.05) is 36.9 Å². The summed E-state index contributed by atoms with van der Waals surface area (Å²) in [6.07, 6.45) is 6.52. The lowest BCUT2D eigenvalue weighted by molar-refractivity contribution is -0.151. The number of hydrogen-bond donors (Lipinski definition) is 1. The zero-order chi connectivity index (χ0) is 27.8. The summed E-state index contributed by atoms with van der Waals surface area (Å²) < 4.78 is 13.0. The SMILES string of the molecule is C=CC(=O)OCC.CCOC(=O)C1CN(c2cc(C3CC3)nn2C)CCC1=O.Cn1nc(C2CC2)cc1N. The van der Waals surface area contributed by atoms with Crippen LogP contribution < -0.4 is 10.6 Å². The number of aromatic nitrogens is 4. The lowest BCUT2D eigenvalue weighted by Crippen LogP contribution is -2.45. The van der Waals surface area contributed by atoms with Crippen molar-refractivity contribution >= 4 is 29.4 Å². The quantitative estimate of drug-likeness (QED) is 0.327. The van der Waals surface area contributed by atoms with Crippen molar-refractivity contribution in [3.8, 4) is 0 Å². The van der Waals surface area contributed by atoms with Crippen molar-refractivity contribution < 1.29 is 23.9 Å². The number of Topliss-reactive ketones (excluding diaryl/α,β-unsaturated/α-hetero) is 1. The van der Waals surface area contributed by atoms with Gasteiger partial charge in [0.2, 0.25) is 0 Å². The summed E-state index contributed by atoms with van der Waals surface area (Å²) >= 11 is 0. The Morgan fingerprint density at radius 2 is 1.61 bits per heavy atom. The molecule has 0 amide bonds. The highest BCUT2D eigenvalue weighted by molar-refractivity contribution is 6.00. The van der Waals surface area contributed by atoms with Crippen LogP contribution in [0.15, 0.2) is 24.8 Å². The molecule has 3 aliphatic rings. The number of carbonyl (C=O) groups is 3. The molecule has 1 aliphatic heterocycles. The lowest BCUT2D eigenvalue weighted by atomic mass is 9.96. The fourth-order valence-corrected chi connectivity index (χ4v) is 4.13. The minimum Gasteiger partial charge on any atom is -0.465 e. The number of nitrogen functional groups attached to an aromatic ring is 1. The van der Waals surface area contributed by atoms with Crippen LogP contribution >= 0.6 is 0 Å². The van der Waals surface area contributed by atoms with Crippen LogP contribution in [-0.2, 0) is 38.0 Å². The van der Waals surface area contributed by atoms with E-state index in [4.69, 9.17) is 10.5 Å². The Morgan fingerprint density at radius 3 is 2.08 bits per heavy atom. The number of nitrogens with two attached hydrogens (primary N) is 1. The molecule has 0 aromatic carbocycles. The van der Waals surface area contributed by atoms with Gasteiger partial charge < -0.3 is 20.1 Å². The minimum absolute atomic E-state index is 0.0192. The molecule has 11 heteroatoms. The van der Waals surface area contributed by atoms with E-state index in [9.17, 15) is 14.4 Å². The summed E-state index contributed by atoms with van der Waals surface area (Å²) in [5.41, 5.74) is 7.90. The molecule has 1 unspecified atom stereocenters. The van der Waals surface area contributed by atoms with Crippen molar-refractivity contribution in [2.45, 2.75) is 57.8 Å². The third-order valence-corrected chi connectivity index (χ3v) is 6.57. The Morgan fingerprint density at radius 1 is 1.03 bits per heavy atom. The zero-order valence-corrected chi connectivity index (χ0v) is 22.9. The molecular formula is C27H40N6O5. The lowest BCUT2D eigenvalue weighted by Gasteiger charge is -2.31. The number of piperidine rings is 1. The first-order valence-electron chi connectivity index (χ1n) is 13.2. The number of aryl methyl sites for hydroxylation is 2. The maximum absolute atomic E-state index is 11.9. The van der Waals surface area contributed by atoms with Gasteiger partial charge in [-0.05, 0) is 39.5 Å². The van der Waals surface area contributed by atoms with Crippen molar-refractivity contribution in [1.29, 1.82) is 0 Å². The van der Waals surface area contributed by atoms with E-state index in [-0.39, 0.29) is 11.8 Å². The molecule has 1 atom stereocenters. The normalized spacial score (nSPS) is 18.5. The van der Waals surface area contributed by atoms with Crippen LogP contribution in [0.4, 0.5) is 11.6 Å². The second kappa shape index (κ2) is 13.3. The summed E-state index contributed by atoms with van der Waals surface area (Å²) in [4.78, 5) is 36.0. The van der Waals surface area contributed by atoms with Crippen molar-refractivity contribution in [1.82, 2.24) is 19.6 Å². The first-order valence-corrected chi connectivity index (χ1v) is 13.2. The Bertz CT molecular complexity index is 1110. The fraction of sp³-hybridized carbons (Fsp3) is 0.593. The molecule has 208 valence electrons. The van der Waals surface area contributed by atoms with Gasteiger partial charge in [0.05, 0.1) is 24.6 Å². The molecule has 38 heavy (non-hydrogen) atoms.